The second kappa shape index (κ2) is 10.9. The average Bonchev–Trinajstić information content (AvgIpc) is 2.53. The van der Waals surface area contributed by atoms with Gasteiger partial charge in [0.1, 0.15) is 22.8 Å². The topological polar surface area (TPSA) is 55.8 Å². The van der Waals surface area contributed by atoms with E-state index in [4.69, 9.17) is 9.47 Å². The van der Waals surface area contributed by atoms with E-state index in [1.807, 2.05) is 6.92 Å². The largest absolute Gasteiger partial charge is 0.507 e. The molecular weight excluding hydrogens is 292 g/mol. The fraction of sp³-hybridized carbons (Fsp3) is 0.632. The smallest absolute Gasteiger partial charge is 0.170 e. The highest BCUT2D eigenvalue weighted by molar-refractivity contribution is 6.01. The van der Waals surface area contributed by atoms with Crippen LogP contribution in [0.1, 0.15) is 76.1 Å². The van der Waals surface area contributed by atoms with Crippen LogP contribution in [0.2, 0.25) is 0 Å². The summed E-state index contributed by atoms with van der Waals surface area (Å²) in [6.45, 7) is 6.89. The number of rotatable bonds is 12. The zero-order valence-electron chi connectivity index (χ0n) is 14.7. The van der Waals surface area contributed by atoms with Crippen molar-refractivity contribution in [3.8, 4) is 17.2 Å². The van der Waals surface area contributed by atoms with Crippen molar-refractivity contribution in [2.24, 2.45) is 0 Å². The minimum atomic E-state index is -0.122. The van der Waals surface area contributed by atoms with Crippen LogP contribution in [-0.4, -0.2) is 24.1 Å². The number of hydrogen-bond donors (Lipinski definition) is 1. The number of ether oxygens (including phenoxy) is 2. The molecule has 4 nitrogen and oxygen atoms in total. The second-order valence-corrected chi connectivity index (χ2v) is 5.64. The van der Waals surface area contributed by atoms with Crippen molar-refractivity contribution in [2.75, 3.05) is 13.2 Å². The Morgan fingerprint density at radius 1 is 1.00 bits per heavy atom. The van der Waals surface area contributed by atoms with E-state index in [-0.39, 0.29) is 17.1 Å². The molecule has 0 aliphatic rings. The summed E-state index contributed by atoms with van der Waals surface area (Å²) in [4.78, 5) is 12.1. The molecule has 0 bridgehead atoms. The fourth-order valence-electron chi connectivity index (χ4n) is 2.46. The molecule has 1 aromatic carbocycles. The molecule has 0 aromatic heterocycles. The molecule has 0 heterocycles. The molecule has 0 unspecified atom stereocenters. The molecule has 4 heteroatoms. The van der Waals surface area contributed by atoms with E-state index < -0.39 is 0 Å². The number of carbonyl (C=O) groups is 1. The molecule has 1 aromatic rings. The van der Waals surface area contributed by atoms with Gasteiger partial charge in [0.15, 0.2) is 5.78 Å². The van der Waals surface area contributed by atoms with Gasteiger partial charge in [-0.05, 0) is 13.3 Å². The maximum atomic E-state index is 12.1. The third-order valence-electron chi connectivity index (χ3n) is 3.72. The molecule has 1 N–H and O–H groups in total. The summed E-state index contributed by atoms with van der Waals surface area (Å²) >= 11 is 0. The molecule has 0 aliphatic heterocycles. The first-order chi connectivity index (χ1) is 11.1. The minimum absolute atomic E-state index is 0.0688. The van der Waals surface area contributed by atoms with Gasteiger partial charge in [-0.1, -0.05) is 46.0 Å². The Labute approximate surface area is 139 Å². The number of ketones is 1. The van der Waals surface area contributed by atoms with E-state index in [0.29, 0.717) is 31.1 Å². The van der Waals surface area contributed by atoms with Crippen LogP contribution < -0.4 is 9.47 Å². The highest BCUT2D eigenvalue weighted by Crippen LogP contribution is 2.34. The number of unbranched alkanes of at least 4 members (excludes halogenated alkanes) is 5. The predicted octanol–water partition coefficient (Wildman–Crippen LogP) is 5.12. The molecule has 130 valence electrons. The van der Waals surface area contributed by atoms with Crippen molar-refractivity contribution in [2.45, 2.75) is 65.7 Å². The molecule has 0 spiro atoms. The first kappa shape index (κ1) is 19.3. The van der Waals surface area contributed by atoms with Crippen LogP contribution in [0.5, 0.6) is 17.2 Å². The van der Waals surface area contributed by atoms with Crippen molar-refractivity contribution in [1.82, 2.24) is 0 Å². The Bertz CT molecular complexity index is 483. The van der Waals surface area contributed by atoms with E-state index in [1.54, 1.807) is 13.0 Å². The molecule has 0 radical (unpaired) electrons. The van der Waals surface area contributed by atoms with Crippen LogP contribution in [0.25, 0.3) is 0 Å². The SMILES string of the molecule is CCCCCCCCOc1cc(OCC)cc(O)c1C(=O)CC. The number of carbonyl (C=O) groups excluding carboxylic acids is 1. The summed E-state index contributed by atoms with van der Waals surface area (Å²) < 4.78 is 11.2. The lowest BCUT2D eigenvalue weighted by atomic mass is 10.1. The normalized spacial score (nSPS) is 10.6. The third kappa shape index (κ3) is 6.51. The number of hydrogen-bond acceptors (Lipinski definition) is 4. The summed E-state index contributed by atoms with van der Waals surface area (Å²) in [5.74, 6) is 0.758. The lowest BCUT2D eigenvalue weighted by molar-refractivity contribution is 0.0981. The van der Waals surface area contributed by atoms with E-state index in [0.717, 1.165) is 12.8 Å². The molecule has 0 saturated heterocycles. The molecular formula is C19H30O4. The van der Waals surface area contributed by atoms with Gasteiger partial charge in [-0.15, -0.1) is 0 Å². The quantitative estimate of drug-likeness (QED) is 0.428. The Kier molecular flexibility index (Phi) is 9.18. The highest BCUT2D eigenvalue weighted by atomic mass is 16.5. The van der Waals surface area contributed by atoms with Crippen molar-refractivity contribution >= 4 is 5.78 Å². The van der Waals surface area contributed by atoms with Gasteiger partial charge in [0.2, 0.25) is 0 Å². The Morgan fingerprint density at radius 3 is 2.35 bits per heavy atom. The molecule has 0 saturated carbocycles. The standard InChI is InChI=1S/C19H30O4/c1-4-7-8-9-10-11-12-23-18-14-15(22-6-3)13-17(21)19(18)16(20)5-2/h13-14,21H,4-12H2,1-3H3. The van der Waals surface area contributed by atoms with Crippen molar-refractivity contribution in [1.29, 1.82) is 0 Å². The van der Waals surface area contributed by atoms with E-state index in [1.165, 1.54) is 31.7 Å². The fourth-order valence-corrected chi connectivity index (χ4v) is 2.46. The Balaban J connectivity index is 2.68. The maximum Gasteiger partial charge on any atom is 0.170 e. The van der Waals surface area contributed by atoms with Crippen LogP contribution in [-0.2, 0) is 0 Å². The highest BCUT2D eigenvalue weighted by Gasteiger charge is 2.18. The lowest BCUT2D eigenvalue weighted by Crippen LogP contribution is -2.06. The van der Waals surface area contributed by atoms with E-state index >= 15 is 0 Å². The van der Waals surface area contributed by atoms with Gasteiger partial charge >= 0.3 is 0 Å². The zero-order chi connectivity index (χ0) is 17.1. The molecule has 1 rings (SSSR count). The van der Waals surface area contributed by atoms with Crippen molar-refractivity contribution in [3.63, 3.8) is 0 Å². The Morgan fingerprint density at radius 2 is 1.70 bits per heavy atom. The summed E-state index contributed by atoms with van der Waals surface area (Å²) in [5.41, 5.74) is 0.266. The van der Waals surface area contributed by atoms with Crippen LogP contribution in [0.3, 0.4) is 0 Å². The van der Waals surface area contributed by atoms with Gasteiger partial charge in [0.05, 0.1) is 13.2 Å². The number of phenols is 1. The van der Waals surface area contributed by atoms with Gasteiger partial charge in [-0.25, -0.2) is 0 Å². The van der Waals surface area contributed by atoms with Crippen LogP contribution in [0.15, 0.2) is 12.1 Å². The second-order valence-electron chi connectivity index (χ2n) is 5.64. The van der Waals surface area contributed by atoms with Crippen molar-refractivity contribution < 1.29 is 19.4 Å². The van der Waals surface area contributed by atoms with Crippen LogP contribution >= 0.6 is 0 Å². The van der Waals surface area contributed by atoms with E-state index in [9.17, 15) is 9.90 Å². The summed E-state index contributed by atoms with van der Waals surface area (Å²) in [5, 5.41) is 10.1. The number of benzene rings is 1. The van der Waals surface area contributed by atoms with Crippen LogP contribution in [0, 0.1) is 0 Å². The zero-order valence-corrected chi connectivity index (χ0v) is 14.7. The third-order valence-corrected chi connectivity index (χ3v) is 3.72. The first-order valence-electron chi connectivity index (χ1n) is 8.79. The molecule has 23 heavy (non-hydrogen) atoms. The average molecular weight is 322 g/mol. The van der Waals surface area contributed by atoms with Crippen LogP contribution in [0.4, 0.5) is 0 Å². The lowest BCUT2D eigenvalue weighted by Gasteiger charge is -2.14. The summed E-state index contributed by atoms with van der Waals surface area (Å²) in [6.07, 6.45) is 7.38. The molecule has 0 aliphatic carbocycles. The minimum Gasteiger partial charge on any atom is -0.507 e. The molecule has 0 amide bonds. The summed E-state index contributed by atoms with van der Waals surface area (Å²) in [7, 11) is 0. The molecule has 0 atom stereocenters. The predicted molar refractivity (Wildman–Crippen MR) is 92.8 cm³/mol. The number of Topliss-reactive ketones (excluding diaryl/α,β-unsaturated/α-hetero) is 1. The molecule has 0 fully saturated rings. The van der Waals surface area contributed by atoms with Gasteiger partial charge < -0.3 is 14.6 Å². The summed E-state index contributed by atoms with van der Waals surface area (Å²) in [6, 6.07) is 3.17. The monoisotopic (exact) mass is 322 g/mol. The van der Waals surface area contributed by atoms with Gasteiger partial charge in [-0.2, -0.15) is 0 Å². The van der Waals surface area contributed by atoms with Gasteiger partial charge in [-0.3, -0.25) is 4.79 Å². The van der Waals surface area contributed by atoms with Crippen molar-refractivity contribution in [3.05, 3.63) is 17.7 Å². The number of aromatic hydroxyl groups is 1. The van der Waals surface area contributed by atoms with Gasteiger partial charge in [0.25, 0.3) is 0 Å². The van der Waals surface area contributed by atoms with Gasteiger partial charge in [0, 0.05) is 18.6 Å². The van der Waals surface area contributed by atoms with E-state index in [2.05, 4.69) is 6.92 Å². The first-order valence-corrected chi connectivity index (χ1v) is 8.79. The Hall–Kier alpha value is -1.71. The maximum absolute atomic E-state index is 12.1. The number of phenolic OH excluding ortho intramolecular Hbond substituents is 1.